The van der Waals surface area contributed by atoms with Crippen LogP contribution in [-0.2, 0) is 9.53 Å². The first-order chi connectivity index (χ1) is 9.01. The van der Waals surface area contributed by atoms with Gasteiger partial charge >= 0.3 is 5.97 Å². The van der Waals surface area contributed by atoms with Crippen LogP contribution in [0.15, 0.2) is 18.2 Å². The molecule has 0 amide bonds. The molecule has 1 heterocycles. The van der Waals surface area contributed by atoms with E-state index in [4.69, 9.17) is 0 Å². The molecule has 2 aromatic rings. The van der Waals surface area contributed by atoms with E-state index in [2.05, 4.69) is 14.7 Å². The second kappa shape index (κ2) is 5.26. The minimum absolute atomic E-state index is 0.264. The van der Waals surface area contributed by atoms with Crippen LogP contribution in [0.3, 0.4) is 0 Å². The van der Waals surface area contributed by atoms with E-state index in [0.717, 1.165) is 0 Å². The fourth-order valence-corrected chi connectivity index (χ4v) is 1.92. The van der Waals surface area contributed by atoms with Crippen molar-refractivity contribution in [2.45, 2.75) is 6.92 Å². The summed E-state index contributed by atoms with van der Waals surface area (Å²) in [6.45, 7) is 2.25. The predicted molar refractivity (Wildman–Crippen MR) is 70.5 cm³/mol. The Bertz CT molecular complexity index is 597. The third-order valence-corrected chi connectivity index (χ3v) is 2.94. The number of carbonyl (C=O) groups excluding carboxylic acids is 1. The highest BCUT2D eigenvalue weighted by molar-refractivity contribution is 5.78. The van der Waals surface area contributed by atoms with Crippen LogP contribution in [-0.4, -0.2) is 36.6 Å². The first-order valence-corrected chi connectivity index (χ1v) is 5.95. The molecular formula is C13H16FN3O2. The lowest BCUT2D eigenvalue weighted by atomic mass is 10.2. The van der Waals surface area contributed by atoms with Gasteiger partial charge in [0, 0.05) is 13.6 Å². The Morgan fingerprint density at radius 3 is 3.00 bits per heavy atom. The summed E-state index contributed by atoms with van der Waals surface area (Å²) in [5.41, 5.74) is 1.32. The maximum atomic E-state index is 13.1. The number of hydrogen-bond acceptors (Lipinski definition) is 4. The number of carbonyl (C=O) groups is 1. The van der Waals surface area contributed by atoms with Gasteiger partial charge in [-0.05, 0) is 18.2 Å². The number of halogens is 1. The van der Waals surface area contributed by atoms with E-state index in [1.165, 1.54) is 19.2 Å². The van der Waals surface area contributed by atoms with E-state index in [0.29, 0.717) is 23.5 Å². The van der Waals surface area contributed by atoms with Crippen molar-refractivity contribution in [1.29, 1.82) is 0 Å². The second-order valence-corrected chi connectivity index (χ2v) is 4.53. The summed E-state index contributed by atoms with van der Waals surface area (Å²) in [5, 5.41) is 0. The second-order valence-electron chi connectivity index (χ2n) is 4.53. The molecule has 0 aliphatic carbocycles. The minimum Gasteiger partial charge on any atom is -0.469 e. The summed E-state index contributed by atoms with van der Waals surface area (Å²) in [6.07, 6.45) is 0. The van der Waals surface area contributed by atoms with Crippen molar-refractivity contribution in [3.63, 3.8) is 0 Å². The van der Waals surface area contributed by atoms with Crippen LogP contribution in [0.2, 0.25) is 0 Å². The van der Waals surface area contributed by atoms with Crippen LogP contribution in [0.25, 0.3) is 11.0 Å². The number of nitrogens with zero attached hydrogens (tertiary/aromatic N) is 2. The van der Waals surface area contributed by atoms with Crippen molar-refractivity contribution >= 4 is 23.0 Å². The number of anilines is 1. The Morgan fingerprint density at radius 1 is 1.58 bits per heavy atom. The number of ether oxygens (including phenoxy) is 1. The van der Waals surface area contributed by atoms with Gasteiger partial charge in [-0.25, -0.2) is 9.37 Å². The van der Waals surface area contributed by atoms with Gasteiger partial charge in [0.05, 0.1) is 24.1 Å². The quantitative estimate of drug-likeness (QED) is 0.858. The Labute approximate surface area is 110 Å². The van der Waals surface area contributed by atoms with Crippen molar-refractivity contribution in [3.8, 4) is 0 Å². The monoisotopic (exact) mass is 265 g/mol. The van der Waals surface area contributed by atoms with Crippen LogP contribution < -0.4 is 4.90 Å². The third-order valence-electron chi connectivity index (χ3n) is 2.94. The highest BCUT2D eigenvalue weighted by atomic mass is 19.1. The number of H-pyrrole nitrogens is 1. The van der Waals surface area contributed by atoms with Crippen molar-refractivity contribution in [2.75, 3.05) is 25.6 Å². The number of aromatic amines is 1. The number of rotatable bonds is 4. The fraction of sp³-hybridized carbons (Fsp3) is 0.385. The van der Waals surface area contributed by atoms with Gasteiger partial charge in [-0.2, -0.15) is 0 Å². The number of fused-ring (bicyclic) bond motifs is 1. The average Bonchev–Trinajstić information content (AvgIpc) is 2.80. The van der Waals surface area contributed by atoms with E-state index < -0.39 is 0 Å². The summed E-state index contributed by atoms with van der Waals surface area (Å²) < 4.78 is 17.8. The number of hydrogen-bond donors (Lipinski definition) is 1. The Morgan fingerprint density at radius 2 is 2.32 bits per heavy atom. The molecule has 0 aliphatic rings. The van der Waals surface area contributed by atoms with Gasteiger partial charge in [0.2, 0.25) is 5.95 Å². The van der Waals surface area contributed by atoms with Crippen molar-refractivity contribution < 1.29 is 13.9 Å². The molecule has 0 spiro atoms. The zero-order valence-corrected chi connectivity index (χ0v) is 11.1. The molecule has 0 saturated heterocycles. The minimum atomic E-state index is -0.312. The Balaban J connectivity index is 2.17. The maximum absolute atomic E-state index is 13.1. The molecular weight excluding hydrogens is 249 g/mol. The van der Waals surface area contributed by atoms with Crippen LogP contribution in [0.1, 0.15) is 6.92 Å². The highest BCUT2D eigenvalue weighted by Gasteiger charge is 2.17. The number of esters is 1. The van der Waals surface area contributed by atoms with Crippen LogP contribution in [0.5, 0.6) is 0 Å². The molecule has 6 heteroatoms. The highest BCUT2D eigenvalue weighted by Crippen LogP contribution is 2.18. The summed E-state index contributed by atoms with van der Waals surface area (Å²) in [7, 11) is 3.18. The van der Waals surface area contributed by atoms with E-state index in [1.54, 1.807) is 17.9 Å². The molecule has 19 heavy (non-hydrogen) atoms. The molecule has 1 N–H and O–H groups in total. The average molecular weight is 265 g/mol. The standard InChI is InChI=1S/C13H16FN3O2/c1-8(12(18)19-3)7-17(2)13-15-10-5-4-9(14)6-11(10)16-13/h4-6,8H,7H2,1-3H3,(H,15,16). The van der Waals surface area contributed by atoms with Gasteiger partial charge < -0.3 is 14.6 Å². The SMILES string of the molecule is COC(=O)C(C)CN(C)c1nc2ccc(F)cc2[nH]1. The molecule has 0 saturated carbocycles. The fourth-order valence-electron chi connectivity index (χ4n) is 1.92. The summed E-state index contributed by atoms with van der Waals surface area (Å²) >= 11 is 0. The van der Waals surface area contributed by atoms with Crippen LogP contribution in [0, 0.1) is 11.7 Å². The molecule has 102 valence electrons. The summed E-state index contributed by atoms with van der Waals surface area (Å²) in [6, 6.07) is 4.37. The van der Waals surface area contributed by atoms with Crippen LogP contribution in [0.4, 0.5) is 10.3 Å². The maximum Gasteiger partial charge on any atom is 0.310 e. The van der Waals surface area contributed by atoms with E-state index in [-0.39, 0.29) is 17.7 Å². The van der Waals surface area contributed by atoms with Gasteiger partial charge in [0.1, 0.15) is 5.82 Å². The lowest BCUT2D eigenvalue weighted by Gasteiger charge is -2.19. The van der Waals surface area contributed by atoms with Crippen LogP contribution >= 0.6 is 0 Å². The number of aromatic nitrogens is 2. The number of imidazole rings is 1. The lowest BCUT2D eigenvalue weighted by Crippen LogP contribution is -2.29. The third kappa shape index (κ3) is 2.83. The Kier molecular flexibility index (Phi) is 3.69. The molecule has 1 unspecified atom stereocenters. The largest absolute Gasteiger partial charge is 0.469 e. The van der Waals surface area contributed by atoms with Gasteiger partial charge in [-0.1, -0.05) is 6.92 Å². The van der Waals surface area contributed by atoms with Gasteiger partial charge in [0.15, 0.2) is 0 Å². The lowest BCUT2D eigenvalue weighted by molar-refractivity contribution is -0.144. The smallest absolute Gasteiger partial charge is 0.310 e. The Hall–Kier alpha value is -2.11. The molecule has 1 atom stereocenters. The number of benzene rings is 1. The predicted octanol–water partition coefficient (Wildman–Crippen LogP) is 1.95. The zero-order valence-electron chi connectivity index (χ0n) is 11.1. The molecule has 1 aromatic heterocycles. The topological polar surface area (TPSA) is 58.2 Å². The van der Waals surface area contributed by atoms with E-state index >= 15 is 0 Å². The van der Waals surface area contributed by atoms with E-state index in [1.807, 2.05) is 7.05 Å². The summed E-state index contributed by atoms with van der Waals surface area (Å²) in [4.78, 5) is 20.5. The first kappa shape index (κ1) is 13.3. The molecule has 0 fully saturated rings. The van der Waals surface area contributed by atoms with Gasteiger partial charge in [-0.15, -0.1) is 0 Å². The summed E-state index contributed by atoms with van der Waals surface area (Å²) in [5.74, 6) is -0.251. The molecule has 0 bridgehead atoms. The van der Waals surface area contributed by atoms with Gasteiger partial charge in [-0.3, -0.25) is 4.79 Å². The molecule has 5 nitrogen and oxygen atoms in total. The molecule has 2 rings (SSSR count). The van der Waals surface area contributed by atoms with Crippen molar-refractivity contribution in [1.82, 2.24) is 9.97 Å². The molecule has 1 aromatic carbocycles. The normalized spacial score (nSPS) is 12.4. The zero-order chi connectivity index (χ0) is 14.0. The first-order valence-electron chi connectivity index (χ1n) is 5.95. The van der Waals surface area contributed by atoms with Crippen molar-refractivity contribution in [3.05, 3.63) is 24.0 Å². The van der Waals surface area contributed by atoms with E-state index in [9.17, 15) is 9.18 Å². The number of nitrogens with one attached hydrogen (secondary N) is 1. The van der Waals surface area contributed by atoms with Gasteiger partial charge in [0.25, 0.3) is 0 Å². The molecule has 0 aliphatic heterocycles. The molecule has 0 radical (unpaired) electrons. The van der Waals surface area contributed by atoms with Crippen molar-refractivity contribution in [2.24, 2.45) is 5.92 Å². The number of methoxy groups -OCH3 is 1.